The lowest BCUT2D eigenvalue weighted by Crippen LogP contribution is -2.17. The highest BCUT2D eigenvalue weighted by Crippen LogP contribution is 2.52. The molecule has 3 aromatic carbocycles. The predicted octanol–water partition coefficient (Wildman–Crippen LogP) is 9.14. The molecule has 0 atom stereocenters. The Balaban J connectivity index is 1.56. The molecule has 0 aliphatic heterocycles. The first-order valence-corrected chi connectivity index (χ1v) is 12.6. The van der Waals surface area contributed by atoms with Crippen LogP contribution in [0.1, 0.15) is 85.5 Å². The Hall–Kier alpha value is -2.75. The fraction of sp³-hybridized carbons (Fsp3) is 0.400. The van der Waals surface area contributed by atoms with Gasteiger partial charge in [0.25, 0.3) is 0 Å². The van der Waals surface area contributed by atoms with Crippen LogP contribution in [-0.2, 0) is 6.42 Å². The maximum Gasteiger partial charge on any atom is 0.573 e. The molecular formula is C30H29F3O. The lowest BCUT2D eigenvalue weighted by molar-refractivity contribution is -0.274. The molecule has 0 amide bonds. The van der Waals surface area contributed by atoms with Crippen molar-refractivity contribution in [3.05, 3.63) is 76.9 Å². The zero-order chi connectivity index (χ0) is 23.3. The summed E-state index contributed by atoms with van der Waals surface area (Å²) in [6.07, 6.45) is 6.14. The number of hydrogen-bond acceptors (Lipinski definition) is 1. The fourth-order valence-electron chi connectivity index (χ4n) is 6.70. The molecule has 0 bridgehead atoms. The highest BCUT2D eigenvalue weighted by molar-refractivity contribution is 5.88. The van der Waals surface area contributed by atoms with Gasteiger partial charge >= 0.3 is 6.36 Å². The van der Waals surface area contributed by atoms with E-state index < -0.39 is 6.36 Å². The molecule has 0 aromatic heterocycles. The number of benzene rings is 3. The first-order valence-electron chi connectivity index (χ1n) is 12.6. The van der Waals surface area contributed by atoms with Crippen LogP contribution in [0.25, 0.3) is 22.3 Å². The summed E-state index contributed by atoms with van der Waals surface area (Å²) in [5, 5.41) is 0. The van der Waals surface area contributed by atoms with E-state index in [-0.39, 0.29) is 5.75 Å². The molecule has 0 unspecified atom stereocenters. The standard InChI is InChI=1S/C30H29F3O/c31-30(32,33)34-23-15-13-21(14-16-23)29-27-17-22-11-5-6-12-24(22)26(27)18-25(19-7-1-2-8-19)28(29)20-9-3-4-10-20/h5-6,11-16,18-20H,1-4,7-10,17H2. The summed E-state index contributed by atoms with van der Waals surface area (Å²) in [5.41, 5.74) is 10.6. The van der Waals surface area contributed by atoms with E-state index in [4.69, 9.17) is 0 Å². The van der Waals surface area contributed by atoms with Crippen LogP contribution in [0.2, 0.25) is 0 Å². The Kier molecular flexibility index (Phi) is 5.43. The van der Waals surface area contributed by atoms with Crippen molar-refractivity contribution < 1.29 is 17.9 Å². The Bertz CT molecular complexity index is 1200. The summed E-state index contributed by atoms with van der Waals surface area (Å²) >= 11 is 0. The summed E-state index contributed by atoms with van der Waals surface area (Å²) in [5.74, 6) is 0.955. The lowest BCUT2D eigenvalue weighted by atomic mass is 9.77. The van der Waals surface area contributed by atoms with Crippen LogP contribution in [0.5, 0.6) is 5.75 Å². The predicted molar refractivity (Wildman–Crippen MR) is 129 cm³/mol. The van der Waals surface area contributed by atoms with Crippen LogP contribution >= 0.6 is 0 Å². The van der Waals surface area contributed by atoms with Crippen LogP contribution in [0, 0.1) is 0 Å². The molecule has 2 saturated carbocycles. The van der Waals surface area contributed by atoms with E-state index in [2.05, 4.69) is 35.1 Å². The molecule has 0 spiro atoms. The quantitative estimate of drug-likeness (QED) is 0.294. The smallest absolute Gasteiger partial charge is 0.406 e. The Morgan fingerprint density at radius 3 is 2.06 bits per heavy atom. The second kappa shape index (κ2) is 8.48. The molecule has 176 valence electrons. The second-order valence-corrected chi connectivity index (χ2v) is 10.1. The molecule has 3 aromatic rings. The van der Waals surface area contributed by atoms with Gasteiger partial charge < -0.3 is 4.74 Å². The average Bonchev–Trinajstić information content (AvgIpc) is 3.58. The third-order valence-corrected chi connectivity index (χ3v) is 8.12. The van der Waals surface area contributed by atoms with Gasteiger partial charge in [-0.05, 0) is 101 Å². The van der Waals surface area contributed by atoms with Gasteiger partial charge in [-0.25, -0.2) is 0 Å². The Morgan fingerprint density at radius 2 is 1.38 bits per heavy atom. The maximum absolute atomic E-state index is 12.8. The zero-order valence-electron chi connectivity index (χ0n) is 19.3. The van der Waals surface area contributed by atoms with E-state index >= 15 is 0 Å². The van der Waals surface area contributed by atoms with Gasteiger partial charge in [-0.3, -0.25) is 0 Å². The third-order valence-electron chi connectivity index (χ3n) is 8.12. The number of halogens is 3. The van der Waals surface area contributed by atoms with Crippen LogP contribution in [0.15, 0.2) is 54.6 Å². The highest BCUT2D eigenvalue weighted by Gasteiger charge is 2.34. The number of ether oxygens (including phenoxy) is 1. The first kappa shape index (κ1) is 21.8. The summed E-state index contributed by atoms with van der Waals surface area (Å²) in [6.45, 7) is 0. The number of hydrogen-bond donors (Lipinski definition) is 0. The lowest BCUT2D eigenvalue weighted by Gasteiger charge is -2.27. The van der Waals surface area contributed by atoms with Crippen molar-refractivity contribution >= 4 is 0 Å². The van der Waals surface area contributed by atoms with Crippen molar-refractivity contribution in [2.24, 2.45) is 0 Å². The SMILES string of the molecule is FC(F)(F)Oc1ccc(-c2c3c(cc(C4CCCC4)c2C2CCCC2)-c2ccccc2C3)cc1. The normalized spacial score (nSPS) is 18.3. The van der Waals surface area contributed by atoms with Crippen molar-refractivity contribution in [2.75, 3.05) is 0 Å². The monoisotopic (exact) mass is 462 g/mol. The second-order valence-electron chi connectivity index (χ2n) is 10.1. The topological polar surface area (TPSA) is 9.23 Å². The highest BCUT2D eigenvalue weighted by atomic mass is 19.4. The first-order chi connectivity index (χ1) is 16.5. The Labute approximate surface area is 199 Å². The van der Waals surface area contributed by atoms with Gasteiger partial charge in [0.2, 0.25) is 0 Å². The minimum absolute atomic E-state index is 0.162. The molecule has 2 fully saturated rings. The molecule has 34 heavy (non-hydrogen) atoms. The van der Waals surface area contributed by atoms with Gasteiger partial charge in [0, 0.05) is 0 Å². The van der Waals surface area contributed by atoms with Crippen molar-refractivity contribution in [2.45, 2.75) is 76.0 Å². The molecular weight excluding hydrogens is 433 g/mol. The molecule has 0 heterocycles. The maximum atomic E-state index is 12.8. The number of rotatable bonds is 4. The third kappa shape index (κ3) is 3.91. The summed E-state index contributed by atoms with van der Waals surface area (Å²) in [7, 11) is 0. The van der Waals surface area contributed by atoms with E-state index in [0.717, 1.165) is 12.0 Å². The minimum Gasteiger partial charge on any atom is -0.406 e. The molecule has 3 aliphatic carbocycles. The van der Waals surface area contributed by atoms with Crippen LogP contribution in [0.3, 0.4) is 0 Å². The largest absolute Gasteiger partial charge is 0.573 e. The minimum atomic E-state index is -4.68. The van der Waals surface area contributed by atoms with Crippen molar-refractivity contribution in [1.82, 2.24) is 0 Å². The van der Waals surface area contributed by atoms with Gasteiger partial charge in [-0.2, -0.15) is 0 Å². The average molecular weight is 463 g/mol. The van der Waals surface area contributed by atoms with Crippen LogP contribution in [0.4, 0.5) is 13.2 Å². The molecule has 3 aliphatic rings. The summed E-state index contributed by atoms with van der Waals surface area (Å²) in [6, 6.07) is 17.7. The van der Waals surface area contributed by atoms with Gasteiger partial charge in [0.1, 0.15) is 5.75 Å². The summed E-state index contributed by atoms with van der Waals surface area (Å²) < 4.78 is 42.5. The molecule has 0 radical (unpaired) electrons. The van der Waals surface area contributed by atoms with Gasteiger partial charge in [0.15, 0.2) is 0 Å². The van der Waals surface area contributed by atoms with Gasteiger partial charge in [-0.1, -0.05) is 68.1 Å². The molecule has 0 N–H and O–H groups in total. The Morgan fingerprint density at radius 1 is 0.735 bits per heavy atom. The molecule has 4 heteroatoms. The van der Waals surface area contributed by atoms with E-state index in [0.29, 0.717) is 11.8 Å². The van der Waals surface area contributed by atoms with Crippen molar-refractivity contribution in [3.63, 3.8) is 0 Å². The van der Waals surface area contributed by atoms with Crippen molar-refractivity contribution in [3.8, 4) is 28.0 Å². The van der Waals surface area contributed by atoms with Crippen LogP contribution < -0.4 is 4.74 Å². The molecule has 6 rings (SSSR count). The van der Waals surface area contributed by atoms with E-state index in [9.17, 15) is 13.2 Å². The van der Waals surface area contributed by atoms with E-state index in [1.165, 1.54) is 102 Å². The van der Waals surface area contributed by atoms with Gasteiger partial charge in [0.05, 0.1) is 0 Å². The van der Waals surface area contributed by atoms with E-state index in [1.807, 2.05) is 12.1 Å². The van der Waals surface area contributed by atoms with Gasteiger partial charge in [-0.15, -0.1) is 13.2 Å². The fourth-order valence-corrected chi connectivity index (χ4v) is 6.70. The number of alkyl halides is 3. The van der Waals surface area contributed by atoms with E-state index in [1.54, 1.807) is 0 Å². The summed E-state index contributed by atoms with van der Waals surface area (Å²) in [4.78, 5) is 0. The van der Waals surface area contributed by atoms with Crippen LogP contribution in [-0.4, -0.2) is 6.36 Å². The zero-order valence-corrected chi connectivity index (χ0v) is 19.3. The number of fused-ring (bicyclic) bond motifs is 3. The van der Waals surface area contributed by atoms with Crippen molar-refractivity contribution in [1.29, 1.82) is 0 Å². The molecule has 0 saturated heterocycles. The molecule has 1 nitrogen and oxygen atoms in total.